The Morgan fingerprint density at radius 1 is 0.970 bits per heavy atom. The number of benzene rings is 2. The summed E-state index contributed by atoms with van der Waals surface area (Å²) in [5.74, 6) is 2.01. The molecular weight excluding hydrogens is 412 g/mol. The van der Waals surface area contributed by atoms with Crippen LogP contribution in [0.4, 0.5) is 0 Å². The Labute approximate surface area is 195 Å². The van der Waals surface area contributed by atoms with Crippen molar-refractivity contribution in [1.29, 1.82) is 0 Å². The van der Waals surface area contributed by atoms with E-state index in [1.807, 2.05) is 24.3 Å². The summed E-state index contributed by atoms with van der Waals surface area (Å²) in [7, 11) is 0. The Kier molecular flexibility index (Phi) is 6.73. The molecule has 1 aliphatic carbocycles. The molecule has 0 amide bonds. The largest absolute Gasteiger partial charge is 0.508 e. The molecule has 0 aromatic heterocycles. The summed E-state index contributed by atoms with van der Waals surface area (Å²) in [6.07, 6.45) is 8.10. The number of aromatic hydroxyl groups is 2. The molecule has 2 N–H and O–H groups in total. The molecule has 4 nitrogen and oxygen atoms in total. The molecule has 0 saturated heterocycles. The lowest BCUT2D eigenvalue weighted by Gasteiger charge is -2.37. The molecule has 2 aromatic carbocycles. The van der Waals surface area contributed by atoms with Crippen LogP contribution in [0.5, 0.6) is 11.5 Å². The second-order valence-corrected chi connectivity index (χ2v) is 9.51. The highest BCUT2D eigenvalue weighted by molar-refractivity contribution is 5.98. The summed E-state index contributed by atoms with van der Waals surface area (Å²) < 4.78 is 6.47. The van der Waals surface area contributed by atoms with Gasteiger partial charge < -0.3 is 14.9 Å². The van der Waals surface area contributed by atoms with Gasteiger partial charge in [0, 0.05) is 11.5 Å². The number of phenols is 2. The predicted octanol–water partition coefficient (Wildman–Crippen LogP) is 6.72. The average Bonchev–Trinajstić information content (AvgIpc) is 2.78. The Bertz CT molecular complexity index is 1090. The van der Waals surface area contributed by atoms with Gasteiger partial charge in [-0.05, 0) is 73.1 Å². The minimum absolute atomic E-state index is 0.0338. The highest BCUT2D eigenvalue weighted by atomic mass is 16.5. The van der Waals surface area contributed by atoms with Gasteiger partial charge in [-0.3, -0.25) is 4.79 Å². The van der Waals surface area contributed by atoms with Gasteiger partial charge in [-0.25, -0.2) is 0 Å². The summed E-state index contributed by atoms with van der Waals surface area (Å²) in [6.45, 7) is 6.60. The van der Waals surface area contributed by atoms with Crippen LogP contribution in [0.25, 0.3) is 6.08 Å². The normalized spacial score (nSPS) is 23.7. The van der Waals surface area contributed by atoms with E-state index in [9.17, 15) is 15.0 Å². The zero-order chi connectivity index (χ0) is 23.5. The molecule has 4 heteroatoms. The molecule has 0 radical (unpaired) electrons. The van der Waals surface area contributed by atoms with E-state index < -0.39 is 6.10 Å². The van der Waals surface area contributed by atoms with Crippen LogP contribution in [0.15, 0.2) is 77.6 Å². The number of hydrogen-bond acceptors (Lipinski definition) is 4. The van der Waals surface area contributed by atoms with Crippen molar-refractivity contribution in [2.45, 2.75) is 46.1 Å². The molecular formula is C29H32O4. The maximum absolute atomic E-state index is 13.6. The number of Topliss-reactive ketones (excluding diaryl/α,β-unsaturated/α-hetero) is 1. The van der Waals surface area contributed by atoms with Crippen LogP contribution in [0.3, 0.4) is 0 Å². The molecule has 1 heterocycles. The number of phenolic OH excluding ortho intramolecular Hbond substituents is 2. The summed E-state index contributed by atoms with van der Waals surface area (Å²) in [5.41, 5.74) is 3.86. The SMILES string of the molecule is CC1=CC(C2=C(/C=C/c3ccc(O)cc3)OC(c3ccc(O)cc3)CC2=O)C(C(C)C)CC1. The molecule has 3 unspecified atom stereocenters. The van der Waals surface area contributed by atoms with E-state index in [0.717, 1.165) is 29.5 Å². The van der Waals surface area contributed by atoms with Crippen molar-refractivity contribution in [2.75, 3.05) is 0 Å². The number of ether oxygens (including phenoxy) is 1. The standard InChI is InChI=1S/C29H32O4/c1-18(2)24-14-4-19(3)16-25(24)29-26(32)17-28(21-8-12-23(31)13-9-21)33-27(29)15-7-20-5-10-22(30)11-6-20/h5-13,15-16,18,24-25,28,30-31H,4,14,17H2,1-3H3/b15-7+. The number of carbonyl (C=O) groups is 1. The molecule has 0 fully saturated rings. The summed E-state index contributed by atoms with van der Waals surface area (Å²) >= 11 is 0. The first kappa shape index (κ1) is 22.9. The van der Waals surface area contributed by atoms with Gasteiger partial charge in [0.25, 0.3) is 0 Å². The third-order valence-corrected chi connectivity index (χ3v) is 6.78. The van der Waals surface area contributed by atoms with Crippen molar-refractivity contribution in [3.63, 3.8) is 0 Å². The highest BCUT2D eigenvalue weighted by Gasteiger charge is 2.38. The van der Waals surface area contributed by atoms with Gasteiger partial charge in [-0.2, -0.15) is 0 Å². The molecule has 0 spiro atoms. The van der Waals surface area contributed by atoms with E-state index in [1.165, 1.54) is 5.57 Å². The molecule has 2 aliphatic rings. The maximum atomic E-state index is 13.6. The fourth-order valence-corrected chi connectivity index (χ4v) is 4.92. The van der Waals surface area contributed by atoms with Crippen molar-refractivity contribution in [3.05, 3.63) is 88.7 Å². The molecule has 0 bridgehead atoms. The first-order valence-corrected chi connectivity index (χ1v) is 11.7. The van der Waals surface area contributed by atoms with E-state index in [4.69, 9.17) is 4.74 Å². The lowest BCUT2D eigenvalue weighted by molar-refractivity contribution is -0.120. The van der Waals surface area contributed by atoms with E-state index in [2.05, 4.69) is 26.8 Å². The number of allylic oxidation sites excluding steroid dienone is 4. The Morgan fingerprint density at radius 2 is 1.61 bits per heavy atom. The first-order valence-electron chi connectivity index (χ1n) is 11.7. The Morgan fingerprint density at radius 3 is 2.24 bits per heavy atom. The highest BCUT2D eigenvalue weighted by Crippen LogP contribution is 2.44. The van der Waals surface area contributed by atoms with Crippen LogP contribution in [0, 0.1) is 17.8 Å². The second-order valence-electron chi connectivity index (χ2n) is 9.51. The quantitative estimate of drug-likeness (QED) is 0.502. The third-order valence-electron chi connectivity index (χ3n) is 6.78. The van der Waals surface area contributed by atoms with E-state index >= 15 is 0 Å². The molecule has 3 atom stereocenters. The molecule has 2 aromatic rings. The van der Waals surface area contributed by atoms with Gasteiger partial charge >= 0.3 is 0 Å². The lowest BCUT2D eigenvalue weighted by atomic mass is 9.70. The van der Waals surface area contributed by atoms with Gasteiger partial charge in [0.05, 0.1) is 6.42 Å². The Balaban J connectivity index is 1.77. The number of carbonyl (C=O) groups excluding carboxylic acids is 1. The molecule has 1 aliphatic heterocycles. The number of hydrogen-bond donors (Lipinski definition) is 2. The van der Waals surface area contributed by atoms with Gasteiger partial charge in [0.2, 0.25) is 0 Å². The van der Waals surface area contributed by atoms with Crippen molar-refractivity contribution in [2.24, 2.45) is 17.8 Å². The zero-order valence-corrected chi connectivity index (χ0v) is 19.5. The fourth-order valence-electron chi connectivity index (χ4n) is 4.92. The third kappa shape index (κ3) is 5.22. The van der Waals surface area contributed by atoms with E-state index in [-0.39, 0.29) is 29.6 Å². The summed E-state index contributed by atoms with van der Waals surface area (Å²) in [4.78, 5) is 13.6. The van der Waals surface area contributed by atoms with Crippen molar-refractivity contribution in [3.8, 4) is 11.5 Å². The number of ketones is 1. The summed E-state index contributed by atoms with van der Waals surface area (Å²) in [5, 5.41) is 19.2. The van der Waals surface area contributed by atoms with Gasteiger partial charge in [0.1, 0.15) is 23.4 Å². The van der Waals surface area contributed by atoms with Crippen molar-refractivity contribution in [1.82, 2.24) is 0 Å². The minimum Gasteiger partial charge on any atom is -0.508 e. The maximum Gasteiger partial charge on any atom is 0.167 e. The minimum atomic E-state index is -0.396. The van der Waals surface area contributed by atoms with Crippen molar-refractivity contribution < 1.29 is 19.7 Å². The van der Waals surface area contributed by atoms with Crippen LogP contribution in [0.2, 0.25) is 0 Å². The van der Waals surface area contributed by atoms with Crippen LogP contribution in [0.1, 0.15) is 57.3 Å². The van der Waals surface area contributed by atoms with E-state index in [0.29, 0.717) is 17.6 Å². The monoisotopic (exact) mass is 444 g/mol. The first-order chi connectivity index (χ1) is 15.8. The second kappa shape index (κ2) is 9.70. The van der Waals surface area contributed by atoms with Gasteiger partial charge in [-0.1, -0.05) is 55.8 Å². The molecule has 0 saturated carbocycles. The molecule has 33 heavy (non-hydrogen) atoms. The lowest BCUT2D eigenvalue weighted by Crippen LogP contribution is -2.31. The zero-order valence-electron chi connectivity index (χ0n) is 19.5. The van der Waals surface area contributed by atoms with Crippen molar-refractivity contribution >= 4 is 11.9 Å². The van der Waals surface area contributed by atoms with Crippen LogP contribution in [-0.2, 0) is 9.53 Å². The Hall–Kier alpha value is -3.27. The van der Waals surface area contributed by atoms with Crippen LogP contribution in [-0.4, -0.2) is 16.0 Å². The van der Waals surface area contributed by atoms with Crippen LogP contribution < -0.4 is 0 Å². The molecule has 172 valence electrons. The van der Waals surface area contributed by atoms with Gasteiger partial charge in [-0.15, -0.1) is 0 Å². The molecule has 4 rings (SSSR count). The topological polar surface area (TPSA) is 66.8 Å². The smallest absolute Gasteiger partial charge is 0.167 e. The van der Waals surface area contributed by atoms with Gasteiger partial charge in [0.15, 0.2) is 5.78 Å². The van der Waals surface area contributed by atoms with Crippen LogP contribution >= 0.6 is 0 Å². The predicted molar refractivity (Wildman–Crippen MR) is 131 cm³/mol. The summed E-state index contributed by atoms with van der Waals surface area (Å²) in [6, 6.07) is 13.8. The van der Waals surface area contributed by atoms with E-state index in [1.54, 1.807) is 36.4 Å². The fraction of sp³-hybridized carbons (Fsp3) is 0.345. The average molecular weight is 445 g/mol. The number of rotatable bonds is 5.